The van der Waals surface area contributed by atoms with Crippen LogP contribution in [-0.2, 0) is 4.79 Å². The van der Waals surface area contributed by atoms with Gasteiger partial charge in [-0.05, 0) is 25.0 Å². The van der Waals surface area contributed by atoms with E-state index in [0.29, 0.717) is 16.6 Å². The predicted octanol–water partition coefficient (Wildman–Crippen LogP) is 2.74. The summed E-state index contributed by atoms with van der Waals surface area (Å²) in [5.74, 6) is -0.549. The zero-order chi connectivity index (χ0) is 15.5. The Labute approximate surface area is 130 Å². The molecule has 6 nitrogen and oxygen atoms in total. The predicted molar refractivity (Wildman–Crippen MR) is 81.6 cm³/mol. The minimum atomic E-state index is -1.000. The van der Waals surface area contributed by atoms with Gasteiger partial charge in [0.05, 0.1) is 5.69 Å². The summed E-state index contributed by atoms with van der Waals surface area (Å²) in [5.41, 5.74) is 0.580. The van der Waals surface area contributed by atoms with Crippen LogP contribution in [0.1, 0.15) is 34.1 Å². The van der Waals surface area contributed by atoms with Crippen molar-refractivity contribution in [2.75, 3.05) is 11.9 Å². The van der Waals surface area contributed by atoms with Gasteiger partial charge >= 0.3 is 5.97 Å². The average Bonchev–Trinajstić information content (AvgIpc) is 3.27. The van der Waals surface area contributed by atoms with Crippen molar-refractivity contribution in [1.29, 1.82) is 0 Å². The summed E-state index contributed by atoms with van der Waals surface area (Å²) in [4.78, 5) is 27.5. The first-order valence-corrected chi connectivity index (χ1v) is 7.67. The van der Waals surface area contributed by atoms with Crippen molar-refractivity contribution in [3.8, 4) is 5.75 Å². The number of para-hydroxylation sites is 1. The molecule has 1 heterocycles. The molecule has 114 valence electrons. The van der Waals surface area contributed by atoms with Gasteiger partial charge in [0.15, 0.2) is 11.7 Å². The fraction of sp³-hybridized carbons (Fsp3) is 0.267. The third-order valence-corrected chi connectivity index (χ3v) is 4.15. The Morgan fingerprint density at radius 3 is 2.68 bits per heavy atom. The van der Waals surface area contributed by atoms with E-state index >= 15 is 0 Å². The molecule has 0 saturated heterocycles. The quantitative estimate of drug-likeness (QED) is 0.855. The van der Waals surface area contributed by atoms with Crippen molar-refractivity contribution in [1.82, 2.24) is 4.98 Å². The Morgan fingerprint density at radius 1 is 1.32 bits per heavy atom. The summed E-state index contributed by atoms with van der Waals surface area (Å²) >= 11 is 0.988. The van der Waals surface area contributed by atoms with Crippen molar-refractivity contribution in [2.45, 2.75) is 18.8 Å². The molecule has 2 aromatic rings. The molecule has 1 amide bonds. The molecule has 0 radical (unpaired) electrons. The smallest absolute Gasteiger partial charge is 0.347 e. The van der Waals surface area contributed by atoms with Gasteiger partial charge in [-0.1, -0.05) is 29.5 Å². The number of aromatic nitrogens is 1. The van der Waals surface area contributed by atoms with Crippen LogP contribution in [0, 0.1) is 0 Å². The lowest BCUT2D eigenvalue weighted by atomic mass is 10.2. The molecule has 1 fully saturated rings. The second kappa shape index (κ2) is 6.15. The summed E-state index contributed by atoms with van der Waals surface area (Å²) < 4.78 is 5.33. The van der Waals surface area contributed by atoms with Gasteiger partial charge in [-0.15, -0.1) is 0 Å². The number of carboxylic acid groups (broad SMARTS) is 1. The number of hydrogen-bond donors (Lipinski definition) is 2. The van der Waals surface area contributed by atoms with E-state index in [1.54, 1.807) is 12.1 Å². The van der Waals surface area contributed by atoms with Crippen LogP contribution in [0.25, 0.3) is 0 Å². The first-order valence-electron chi connectivity index (χ1n) is 6.85. The number of aromatic carboxylic acids is 1. The number of nitrogens with one attached hydrogen (secondary N) is 1. The van der Waals surface area contributed by atoms with Crippen LogP contribution in [0.15, 0.2) is 30.3 Å². The zero-order valence-electron chi connectivity index (χ0n) is 11.6. The van der Waals surface area contributed by atoms with Crippen molar-refractivity contribution < 1.29 is 19.4 Å². The number of nitrogens with zero attached hydrogens (tertiary/aromatic N) is 1. The lowest BCUT2D eigenvalue weighted by molar-refractivity contribution is -0.118. The van der Waals surface area contributed by atoms with Gasteiger partial charge in [0.2, 0.25) is 0 Å². The number of amides is 1. The highest BCUT2D eigenvalue weighted by atomic mass is 32.1. The third-order valence-electron chi connectivity index (χ3n) is 3.17. The molecule has 2 N–H and O–H groups in total. The van der Waals surface area contributed by atoms with Crippen LogP contribution >= 0.6 is 11.3 Å². The number of rotatable bonds is 6. The molecule has 0 spiro atoms. The normalized spacial score (nSPS) is 13.6. The van der Waals surface area contributed by atoms with Crippen LogP contribution in [0.2, 0.25) is 0 Å². The zero-order valence-corrected chi connectivity index (χ0v) is 12.4. The Balaban J connectivity index is 1.61. The molecule has 7 heteroatoms. The molecule has 1 aromatic carbocycles. The van der Waals surface area contributed by atoms with Gasteiger partial charge in [0.25, 0.3) is 5.91 Å². The molecule has 0 bridgehead atoms. The lowest BCUT2D eigenvalue weighted by Crippen LogP contribution is -2.20. The SMILES string of the molecule is O=C(COc1ccccc1)Nc1nc(C2CC2)c(C(=O)O)s1. The topological polar surface area (TPSA) is 88.5 Å². The fourth-order valence-corrected chi connectivity index (χ4v) is 2.90. The molecule has 3 rings (SSSR count). The summed E-state index contributed by atoms with van der Waals surface area (Å²) in [6.45, 7) is -0.148. The summed E-state index contributed by atoms with van der Waals surface area (Å²) in [6.07, 6.45) is 1.91. The van der Waals surface area contributed by atoms with E-state index in [0.717, 1.165) is 24.2 Å². The van der Waals surface area contributed by atoms with Crippen LogP contribution in [0.4, 0.5) is 5.13 Å². The second-order valence-corrected chi connectivity index (χ2v) is 5.96. The fourth-order valence-electron chi connectivity index (χ4n) is 1.99. The van der Waals surface area contributed by atoms with Crippen LogP contribution in [-0.4, -0.2) is 28.6 Å². The van der Waals surface area contributed by atoms with Crippen molar-refractivity contribution in [3.05, 3.63) is 40.9 Å². The number of carbonyl (C=O) groups is 2. The number of benzene rings is 1. The van der Waals surface area contributed by atoms with E-state index < -0.39 is 5.97 Å². The molecule has 1 aliphatic carbocycles. The Bertz CT molecular complexity index is 695. The maximum Gasteiger partial charge on any atom is 0.347 e. The molecule has 22 heavy (non-hydrogen) atoms. The van der Waals surface area contributed by atoms with Gasteiger partial charge in [-0.25, -0.2) is 9.78 Å². The van der Waals surface area contributed by atoms with E-state index in [1.807, 2.05) is 18.2 Å². The minimum absolute atomic E-state index is 0.148. The van der Waals surface area contributed by atoms with E-state index in [4.69, 9.17) is 4.74 Å². The monoisotopic (exact) mass is 318 g/mol. The standard InChI is InChI=1S/C15H14N2O4S/c18-11(8-21-10-4-2-1-3-5-10)16-15-17-12(9-6-7-9)13(22-15)14(19)20/h1-5,9H,6-8H2,(H,19,20)(H,16,17,18). The molecule has 1 aliphatic rings. The molecule has 0 unspecified atom stereocenters. The lowest BCUT2D eigenvalue weighted by Gasteiger charge is -2.05. The summed E-state index contributed by atoms with van der Waals surface area (Å²) in [5, 5.41) is 12.1. The van der Waals surface area contributed by atoms with E-state index in [-0.39, 0.29) is 23.3 Å². The summed E-state index contributed by atoms with van der Waals surface area (Å²) in [6, 6.07) is 8.99. The molecular formula is C15H14N2O4S. The Morgan fingerprint density at radius 2 is 2.05 bits per heavy atom. The Kier molecular flexibility index (Phi) is 4.06. The maximum atomic E-state index is 11.8. The first kappa shape index (κ1) is 14.5. The number of ether oxygens (including phenoxy) is 1. The third kappa shape index (κ3) is 3.43. The van der Waals surface area contributed by atoms with Gasteiger partial charge in [0, 0.05) is 5.92 Å². The summed E-state index contributed by atoms with van der Waals surface area (Å²) in [7, 11) is 0. The van der Waals surface area contributed by atoms with Crippen LogP contribution < -0.4 is 10.1 Å². The second-order valence-electron chi connectivity index (χ2n) is 4.96. The highest BCUT2D eigenvalue weighted by molar-refractivity contribution is 7.17. The Hall–Kier alpha value is -2.41. The van der Waals surface area contributed by atoms with E-state index in [9.17, 15) is 14.7 Å². The molecule has 0 aliphatic heterocycles. The van der Waals surface area contributed by atoms with Gasteiger partial charge in [-0.2, -0.15) is 0 Å². The molecule has 1 saturated carbocycles. The highest BCUT2D eigenvalue weighted by Crippen LogP contribution is 2.43. The van der Waals surface area contributed by atoms with Crippen LogP contribution in [0.3, 0.4) is 0 Å². The number of carbonyl (C=O) groups excluding carboxylic acids is 1. The van der Waals surface area contributed by atoms with Crippen molar-refractivity contribution >= 4 is 28.3 Å². The van der Waals surface area contributed by atoms with E-state index in [1.165, 1.54) is 0 Å². The van der Waals surface area contributed by atoms with Crippen LogP contribution in [0.5, 0.6) is 5.75 Å². The average molecular weight is 318 g/mol. The minimum Gasteiger partial charge on any atom is -0.484 e. The van der Waals surface area contributed by atoms with Gasteiger partial charge in [0.1, 0.15) is 10.6 Å². The highest BCUT2D eigenvalue weighted by Gasteiger charge is 2.32. The van der Waals surface area contributed by atoms with Gasteiger partial charge < -0.3 is 9.84 Å². The van der Waals surface area contributed by atoms with Gasteiger partial charge in [-0.3, -0.25) is 10.1 Å². The maximum absolute atomic E-state index is 11.8. The number of carboxylic acids is 1. The number of thiazole rings is 1. The van der Waals surface area contributed by atoms with E-state index in [2.05, 4.69) is 10.3 Å². The number of anilines is 1. The van der Waals surface area contributed by atoms with Crippen molar-refractivity contribution in [3.63, 3.8) is 0 Å². The number of hydrogen-bond acceptors (Lipinski definition) is 5. The first-order chi connectivity index (χ1) is 10.6. The molecule has 0 atom stereocenters. The molecular weight excluding hydrogens is 304 g/mol. The van der Waals surface area contributed by atoms with Crippen molar-refractivity contribution in [2.24, 2.45) is 0 Å². The largest absolute Gasteiger partial charge is 0.484 e. The molecule has 1 aromatic heterocycles.